The number of hydrogen-bond acceptors (Lipinski definition) is 6. The van der Waals surface area contributed by atoms with Crippen LogP contribution in [0.25, 0.3) is 0 Å². The number of amides is 1. The highest BCUT2D eigenvalue weighted by atomic mass is 32.2. The molecule has 0 unspecified atom stereocenters. The van der Waals surface area contributed by atoms with Crippen LogP contribution in [0.5, 0.6) is 0 Å². The lowest BCUT2D eigenvalue weighted by atomic mass is 10.1. The first kappa shape index (κ1) is 21.3. The van der Waals surface area contributed by atoms with Crippen LogP contribution in [0.15, 0.2) is 70.6 Å². The van der Waals surface area contributed by atoms with Crippen molar-refractivity contribution >= 4 is 23.6 Å². The van der Waals surface area contributed by atoms with Gasteiger partial charge in [-0.2, -0.15) is 0 Å². The van der Waals surface area contributed by atoms with Crippen LogP contribution in [0, 0.1) is 0 Å². The maximum Gasteiger partial charge on any atom is 0.337 e. The van der Waals surface area contributed by atoms with Gasteiger partial charge < -0.3 is 15.0 Å². The topological polar surface area (TPSA) is 101 Å². The molecule has 0 radical (unpaired) electrons. The smallest absolute Gasteiger partial charge is 0.337 e. The van der Waals surface area contributed by atoms with Crippen LogP contribution in [-0.4, -0.2) is 29.0 Å². The summed E-state index contributed by atoms with van der Waals surface area (Å²) in [5.41, 5.74) is 2.54. The summed E-state index contributed by atoms with van der Waals surface area (Å²) in [6.45, 7) is 0.423. The quantitative estimate of drug-likeness (QED) is 0.328. The molecule has 0 aliphatic heterocycles. The number of H-pyrrole nitrogens is 1. The molecular formula is C22H21N3O4S. The largest absolute Gasteiger partial charge is 0.465 e. The van der Waals surface area contributed by atoms with Gasteiger partial charge in [0.15, 0.2) is 5.16 Å². The van der Waals surface area contributed by atoms with Crippen molar-refractivity contribution in [3.63, 3.8) is 0 Å². The predicted molar refractivity (Wildman–Crippen MR) is 114 cm³/mol. The van der Waals surface area contributed by atoms with Crippen LogP contribution < -0.4 is 10.9 Å². The van der Waals surface area contributed by atoms with Crippen molar-refractivity contribution in [2.45, 2.75) is 23.9 Å². The number of carbonyl (C=O) groups excluding carboxylic acids is 2. The standard InChI is InChI=1S/C22H21N3O4S/c1-29-21(28)17-9-7-16(8-10-17)14-30-22-24-18(12-20(27)25-22)11-19(26)23-13-15-5-3-2-4-6-15/h2-10,12H,11,13-14H2,1H3,(H,23,26)(H,24,25,27). The molecule has 2 N–H and O–H groups in total. The van der Waals surface area contributed by atoms with E-state index in [2.05, 4.69) is 20.0 Å². The normalized spacial score (nSPS) is 10.4. The minimum Gasteiger partial charge on any atom is -0.465 e. The lowest BCUT2D eigenvalue weighted by Gasteiger charge is -2.07. The van der Waals surface area contributed by atoms with Crippen LogP contribution in [0.1, 0.15) is 27.2 Å². The number of nitrogens with one attached hydrogen (secondary N) is 2. The highest BCUT2D eigenvalue weighted by Crippen LogP contribution is 2.19. The van der Waals surface area contributed by atoms with Crippen LogP contribution in [0.4, 0.5) is 0 Å². The van der Waals surface area contributed by atoms with E-state index in [9.17, 15) is 14.4 Å². The second kappa shape index (κ2) is 10.4. The first-order valence-electron chi connectivity index (χ1n) is 9.24. The number of aromatic nitrogens is 2. The Morgan fingerprint density at radius 3 is 2.50 bits per heavy atom. The van der Waals surface area contributed by atoms with Crippen molar-refractivity contribution in [2.24, 2.45) is 0 Å². The van der Waals surface area contributed by atoms with Crippen LogP contribution in [-0.2, 0) is 28.2 Å². The Labute approximate surface area is 177 Å². The van der Waals surface area contributed by atoms with Gasteiger partial charge in [-0.25, -0.2) is 9.78 Å². The number of hydrogen-bond donors (Lipinski definition) is 2. The molecule has 154 valence electrons. The Balaban J connectivity index is 1.57. The van der Waals surface area contributed by atoms with Crippen molar-refractivity contribution in [1.29, 1.82) is 0 Å². The highest BCUT2D eigenvalue weighted by molar-refractivity contribution is 7.98. The Kier molecular flexibility index (Phi) is 7.40. The molecule has 8 heteroatoms. The molecule has 7 nitrogen and oxygen atoms in total. The average Bonchev–Trinajstić information content (AvgIpc) is 2.76. The van der Waals surface area contributed by atoms with Gasteiger partial charge >= 0.3 is 5.97 Å². The molecule has 1 amide bonds. The fraction of sp³-hybridized carbons (Fsp3) is 0.182. The molecule has 0 saturated heterocycles. The zero-order valence-corrected chi connectivity index (χ0v) is 17.2. The number of ether oxygens (including phenoxy) is 1. The van der Waals surface area contributed by atoms with E-state index in [4.69, 9.17) is 0 Å². The van der Waals surface area contributed by atoms with Gasteiger partial charge in [0.05, 0.1) is 24.8 Å². The van der Waals surface area contributed by atoms with Gasteiger partial charge in [0, 0.05) is 18.4 Å². The van der Waals surface area contributed by atoms with Gasteiger partial charge in [0.2, 0.25) is 5.91 Å². The number of carbonyl (C=O) groups is 2. The van der Waals surface area contributed by atoms with Crippen LogP contribution in [0.3, 0.4) is 0 Å². The Morgan fingerprint density at radius 1 is 1.07 bits per heavy atom. The third-order valence-electron chi connectivity index (χ3n) is 4.20. The molecule has 0 aliphatic carbocycles. The number of aromatic amines is 1. The van der Waals surface area contributed by atoms with E-state index in [1.54, 1.807) is 12.1 Å². The molecule has 1 aromatic heterocycles. The molecule has 3 rings (SSSR count). The number of rotatable bonds is 8. The zero-order valence-electron chi connectivity index (χ0n) is 16.4. The summed E-state index contributed by atoms with van der Waals surface area (Å²) in [5, 5.41) is 3.26. The summed E-state index contributed by atoms with van der Waals surface area (Å²) in [7, 11) is 1.34. The minimum absolute atomic E-state index is 0.0259. The number of methoxy groups -OCH3 is 1. The van der Waals surface area contributed by atoms with Crippen LogP contribution in [0.2, 0.25) is 0 Å². The third-order valence-corrected chi connectivity index (χ3v) is 5.14. The van der Waals surface area contributed by atoms with Crippen molar-refractivity contribution in [3.05, 3.63) is 93.4 Å². The second-order valence-electron chi connectivity index (χ2n) is 6.46. The number of benzene rings is 2. The molecule has 0 saturated carbocycles. The summed E-state index contributed by atoms with van der Waals surface area (Å²) in [6.07, 6.45) is 0.0259. The fourth-order valence-corrected chi connectivity index (χ4v) is 3.52. The maximum atomic E-state index is 12.2. The Bertz CT molecular complexity index is 1070. The molecular weight excluding hydrogens is 402 g/mol. The first-order chi connectivity index (χ1) is 14.5. The summed E-state index contributed by atoms with van der Waals surface area (Å²) >= 11 is 1.34. The van der Waals surface area contributed by atoms with Crippen molar-refractivity contribution < 1.29 is 14.3 Å². The van der Waals surface area contributed by atoms with Gasteiger partial charge in [0.25, 0.3) is 5.56 Å². The Hall–Kier alpha value is -3.39. The second-order valence-corrected chi connectivity index (χ2v) is 7.42. The van der Waals surface area contributed by atoms with Gasteiger partial charge in [-0.05, 0) is 23.3 Å². The van der Waals surface area contributed by atoms with E-state index in [1.165, 1.54) is 24.9 Å². The monoisotopic (exact) mass is 423 g/mol. The highest BCUT2D eigenvalue weighted by Gasteiger charge is 2.09. The molecule has 3 aromatic rings. The van der Waals surface area contributed by atoms with E-state index in [0.29, 0.717) is 28.7 Å². The van der Waals surface area contributed by atoms with Crippen molar-refractivity contribution in [2.75, 3.05) is 7.11 Å². The van der Waals surface area contributed by atoms with Crippen molar-refractivity contribution in [1.82, 2.24) is 15.3 Å². The molecule has 30 heavy (non-hydrogen) atoms. The summed E-state index contributed by atoms with van der Waals surface area (Å²) < 4.78 is 4.68. The molecule has 0 aliphatic rings. The maximum absolute atomic E-state index is 12.2. The Morgan fingerprint density at radius 2 is 1.80 bits per heavy atom. The van der Waals surface area contributed by atoms with Gasteiger partial charge in [-0.3, -0.25) is 9.59 Å². The summed E-state index contributed by atoms with van der Waals surface area (Å²) in [4.78, 5) is 42.7. The van der Waals surface area contributed by atoms with E-state index < -0.39 is 5.97 Å². The van der Waals surface area contributed by atoms with E-state index in [-0.39, 0.29) is 17.9 Å². The van der Waals surface area contributed by atoms with E-state index >= 15 is 0 Å². The summed E-state index contributed by atoms with van der Waals surface area (Å²) in [6, 6.07) is 17.9. The number of esters is 1. The SMILES string of the molecule is COC(=O)c1ccc(CSc2nc(CC(=O)NCc3ccccc3)cc(=O)[nH]2)cc1. The molecule has 2 aromatic carbocycles. The molecule has 0 fully saturated rings. The lowest BCUT2D eigenvalue weighted by Crippen LogP contribution is -2.25. The average molecular weight is 423 g/mol. The molecule has 1 heterocycles. The molecule has 0 spiro atoms. The van der Waals surface area contributed by atoms with E-state index in [0.717, 1.165) is 11.1 Å². The number of thioether (sulfide) groups is 1. The van der Waals surface area contributed by atoms with Gasteiger partial charge in [-0.1, -0.05) is 54.2 Å². The van der Waals surface area contributed by atoms with Crippen molar-refractivity contribution in [3.8, 4) is 0 Å². The molecule has 0 atom stereocenters. The lowest BCUT2D eigenvalue weighted by molar-refractivity contribution is -0.120. The first-order valence-corrected chi connectivity index (χ1v) is 10.2. The van der Waals surface area contributed by atoms with E-state index in [1.807, 2.05) is 42.5 Å². The van der Waals surface area contributed by atoms with Crippen LogP contribution >= 0.6 is 11.8 Å². The third kappa shape index (κ3) is 6.31. The van der Waals surface area contributed by atoms with Gasteiger partial charge in [0.1, 0.15) is 0 Å². The number of nitrogens with zero attached hydrogens (tertiary/aromatic N) is 1. The fourth-order valence-electron chi connectivity index (χ4n) is 2.67. The predicted octanol–water partition coefficient (Wildman–Crippen LogP) is 2.71. The summed E-state index contributed by atoms with van der Waals surface area (Å²) in [5.74, 6) is -0.0432. The zero-order chi connectivity index (χ0) is 21.3. The molecule has 0 bridgehead atoms. The van der Waals surface area contributed by atoms with Gasteiger partial charge in [-0.15, -0.1) is 0 Å². The minimum atomic E-state index is -0.390.